The van der Waals surface area contributed by atoms with Gasteiger partial charge in [0.25, 0.3) is 0 Å². The minimum Gasteiger partial charge on any atom is -0.479 e. The third kappa shape index (κ3) is 21.9. The summed E-state index contributed by atoms with van der Waals surface area (Å²) in [7, 11) is 0. The van der Waals surface area contributed by atoms with Gasteiger partial charge in [-0.15, -0.1) is 0 Å². The third-order valence-electron chi connectivity index (χ3n) is 8.75. The van der Waals surface area contributed by atoms with Crippen LogP contribution in [-0.2, 0) is 14.2 Å². The molecule has 0 saturated carbocycles. The molecule has 7 heteroatoms. The molecule has 0 aliphatic carbocycles. The van der Waals surface area contributed by atoms with Gasteiger partial charge in [0.2, 0.25) is 0 Å². The minimum atomic E-state index is -0.911. The van der Waals surface area contributed by atoms with Crippen LogP contribution in [-0.4, -0.2) is 57.9 Å². The Bertz CT molecular complexity index is 662. The summed E-state index contributed by atoms with van der Waals surface area (Å²) in [6.07, 6.45) is 29.8. The molecule has 0 aromatic carbocycles. The predicted molar refractivity (Wildman–Crippen MR) is 189 cm³/mol. The number of aliphatic hydroxyl groups excluding tert-OH is 2. The van der Waals surface area contributed by atoms with Crippen molar-refractivity contribution in [3.63, 3.8) is 0 Å². The molecule has 0 spiro atoms. The first-order valence-corrected chi connectivity index (χ1v) is 19.1. The fourth-order valence-corrected chi connectivity index (χ4v) is 6.47. The van der Waals surface area contributed by atoms with Crippen molar-refractivity contribution in [2.24, 2.45) is 0 Å². The van der Waals surface area contributed by atoms with E-state index in [0.717, 1.165) is 32.1 Å². The fourth-order valence-electron chi connectivity index (χ4n) is 5.93. The summed E-state index contributed by atoms with van der Waals surface area (Å²) in [5.41, 5.74) is 0. The second-order valence-corrected chi connectivity index (χ2v) is 13.7. The molecule has 43 heavy (non-hydrogen) atoms. The van der Waals surface area contributed by atoms with Crippen LogP contribution in [0.15, 0.2) is 0 Å². The molecule has 4 atom stereocenters. The molecule has 0 amide bonds. The Hall–Kier alpha value is -0.340. The first-order chi connectivity index (χ1) is 21.0. The summed E-state index contributed by atoms with van der Waals surface area (Å²) in [5.74, 6) is 0. The fraction of sp³-hybridized carbons (Fsp3) is 0.944. The standard InChI is InChI=1S/C36H68O5S2/c1-3-5-7-9-11-13-15-17-19-21-23-25-27-33(42)40-31(29-37)36-35(38)32(30-39-36)41-34(43)28-26-24-22-20-18-16-14-12-10-8-6-4-2/h31-32,35-38H,3-30H2,1-2H3/t31-,32+,35-,36-/m0/s1. The van der Waals surface area contributed by atoms with E-state index in [2.05, 4.69) is 13.8 Å². The Morgan fingerprint density at radius 3 is 1.40 bits per heavy atom. The molecule has 0 bridgehead atoms. The van der Waals surface area contributed by atoms with E-state index in [-0.39, 0.29) is 13.2 Å². The summed E-state index contributed by atoms with van der Waals surface area (Å²) in [5, 5.41) is 21.8. The van der Waals surface area contributed by atoms with Crippen LogP contribution in [0.25, 0.3) is 0 Å². The van der Waals surface area contributed by atoms with Crippen LogP contribution in [0.5, 0.6) is 0 Å². The summed E-state index contributed by atoms with van der Waals surface area (Å²) >= 11 is 10.9. The van der Waals surface area contributed by atoms with Crippen LogP contribution in [0.3, 0.4) is 0 Å². The van der Waals surface area contributed by atoms with Gasteiger partial charge in [-0.25, -0.2) is 0 Å². The lowest BCUT2D eigenvalue weighted by atomic mass is 10.0. The highest BCUT2D eigenvalue weighted by atomic mass is 32.1. The molecule has 1 saturated heterocycles. The maximum absolute atomic E-state index is 10.8. The van der Waals surface area contributed by atoms with Crippen molar-refractivity contribution in [2.75, 3.05) is 13.2 Å². The number of aliphatic hydroxyl groups is 2. The molecule has 1 fully saturated rings. The van der Waals surface area contributed by atoms with Crippen molar-refractivity contribution in [2.45, 2.75) is 205 Å². The van der Waals surface area contributed by atoms with Gasteiger partial charge >= 0.3 is 0 Å². The quantitative estimate of drug-likeness (QED) is 0.0596. The van der Waals surface area contributed by atoms with E-state index in [1.165, 1.54) is 128 Å². The predicted octanol–water partition coefficient (Wildman–Crippen LogP) is 10.3. The SMILES string of the molecule is CCCCCCCCCCCCCCC(=S)O[C@@H](CO)[C@@H]1OC[C@@H](OC(=S)CCCCCCCCCCCCCC)[C@@H]1O. The van der Waals surface area contributed by atoms with Gasteiger partial charge in [-0.2, -0.15) is 0 Å². The van der Waals surface area contributed by atoms with Crippen molar-refractivity contribution in [3.8, 4) is 0 Å². The van der Waals surface area contributed by atoms with Gasteiger partial charge < -0.3 is 24.4 Å². The Balaban J connectivity index is 2.08. The van der Waals surface area contributed by atoms with E-state index in [0.29, 0.717) is 16.5 Å². The molecule has 254 valence electrons. The van der Waals surface area contributed by atoms with Gasteiger partial charge in [-0.1, -0.05) is 155 Å². The van der Waals surface area contributed by atoms with E-state index < -0.39 is 24.4 Å². The zero-order valence-corrected chi connectivity index (χ0v) is 29.7. The molecule has 1 rings (SSSR count). The second-order valence-electron chi connectivity index (χ2n) is 12.8. The molecular weight excluding hydrogens is 577 g/mol. The van der Waals surface area contributed by atoms with Crippen LogP contribution in [0.1, 0.15) is 181 Å². The summed E-state index contributed by atoms with van der Waals surface area (Å²) < 4.78 is 17.5. The Morgan fingerprint density at radius 1 is 0.628 bits per heavy atom. The van der Waals surface area contributed by atoms with E-state index in [9.17, 15) is 10.2 Å². The lowest BCUT2D eigenvalue weighted by Gasteiger charge is -2.26. The lowest BCUT2D eigenvalue weighted by Crippen LogP contribution is -2.43. The van der Waals surface area contributed by atoms with E-state index in [1.54, 1.807) is 0 Å². The van der Waals surface area contributed by atoms with Gasteiger partial charge in [0.1, 0.15) is 12.2 Å². The highest BCUT2D eigenvalue weighted by Gasteiger charge is 2.43. The molecule has 0 aromatic rings. The van der Waals surface area contributed by atoms with Crippen molar-refractivity contribution >= 4 is 34.5 Å². The topological polar surface area (TPSA) is 68.2 Å². The molecule has 0 unspecified atom stereocenters. The zero-order valence-electron chi connectivity index (χ0n) is 28.0. The highest BCUT2D eigenvalue weighted by Crippen LogP contribution is 2.24. The summed E-state index contributed by atoms with van der Waals surface area (Å²) in [6, 6.07) is 0. The van der Waals surface area contributed by atoms with Gasteiger partial charge in [0, 0.05) is 12.8 Å². The van der Waals surface area contributed by atoms with Crippen molar-refractivity contribution in [3.05, 3.63) is 0 Å². The Labute approximate surface area is 276 Å². The van der Waals surface area contributed by atoms with Gasteiger partial charge in [-0.05, 0) is 37.3 Å². The number of ether oxygens (including phenoxy) is 3. The van der Waals surface area contributed by atoms with Crippen LogP contribution in [0, 0.1) is 0 Å². The Morgan fingerprint density at radius 2 is 1.00 bits per heavy atom. The lowest BCUT2D eigenvalue weighted by molar-refractivity contribution is -0.0615. The molecular formula is C36H68O5S2. The molecule has 5 nitrogen and oxygen atoms in total. The number of hydrogen-bond acceptors (Lipinski definition) is 7. The first-order valence-electron chi connectivity index (χ1n) is 18.3. The monoisotopic (exact) mass is 644 g/mol. The van der Waals surface area contributed by atoms with Crippen molar-refractivity contribution in [1.82, 2.24) is 0 Å². The van der Waals surface area contributed by atoms with Gasteiger partial charge in [0.15, 0.2) is 22.3 Å². The molecule has 1 heterocycles. The maximum Gasteiger partial charge on any atom is 0.160 e. The van der Waals surface area contributed by atoms with Crippen molar-refractivity contribution < 1.29 is 24.4 Å². The number of unbranched alkanes of at least 4 members (excludes halogenated alkanes) is 22. The third-order valence-corrected chi connectivity index (χ3v) is 9.35. The number of rotatable bonds is 30. The molecule has 0 aromatic heterocycles. The smallest absolute Gasteiger partial charge is 0.160 e. The van der Waals surface area contributed by atoms with E-state index >= 15 is 0 Å². The van der Waals surface area contributed by atoms with E-state index in [4.69, 9.17) is 38.6 Å². The normalized spacial score (nSPS) is 19.0. The molecule has 0 radical (unpaired) electrons. The van der Waals surface area contributed by atoms with Crippen LogP contribution < -0.4 is 0 Å². The first kappa shape index (κ1) is 40.7. The van der Waals surface area contributed by atoms with Crippen LogP contribution in [0.4, 0.5) is 0 Å². The van der Waals surface area contributed by atoms with Gasteiger partial charge in [0.05, 0.1) is 13.2 Å². The second kappa shape index (κ2) is 29.1. The largest absolute Gasteiger partial charge is 0.479 e. The van der Waals surface area contributed by atoms with Crippen LogP contribution >= 0.6 is 24.4 Å². The highest BCUT2D eigenvalue weighted by molar-refractivity contribution is 7.80. The molecule has 1 aliphatic rings. The number of hydrogen-bond donors (Lipinski definition) is 2. The zero-order chi connectivity index (χ0) is 31.4. The maximum atomic E-state index is 10.8. The minimum absolute atomic E-state index is 0.232. The average Bonchev–Trinajstić information content (AvgIpc) is 3.36. The van der Waals surface area contributed by atoms with E-state index in [1.807, 2.05) is 0 Å². The Kier molecular flexibility index (Phi) is 27.5. The molecule has 1 aliphatic heterocycles. The average molecular weight is 645 g/mol. The number of thiocarbonyl (C=S) groups is 2. The van der Waals surface area contributed by atoms with Gasteiger partial charge in [-0.3, -0.25) is 0 Å². The summed E-state index contributed by atoms with van der Waals surface area (Å²) in [6.45, 7) is 4.50. The molecule has 2 N–H and O–H groups in total. The van der Waals surface area contributed by atoms with Crippen LogP contribution in [0.2, 0.25) is 0 Å². The summed E-state index contributed by atoms with van der Waals surface area (Å²) in [4.78, 5) is 0. The van der Waals surface area contributed by atoms with Crippen molar-refractivity contribution in [1.29, 1.82) is 0 Å².